The number of carbonyl (C=O) groups is 1. The molecule has 5 nitrogen and oxygen atoms in total. The van der Waals surface area contributed by atoms with Gasteiger partial charge in [-0.1, -0.05) is 0 Å². The molecule has 0 aromatic heterocycles. The summed E-state index contributed by atoms with van der Waals surface area (Å²) in [5.41, 5.74) is 0.402. The molecule has 0 atom stereocenters. The molecule has 1 N–H and O–H groups in total. The number of alkyl halides is 3. The summed E-state index contributed by atoms with van der Waals surface area (Å²) in [7, 11) is 0. The fourth-order valence-electron chi connectivity index (χ4n) is 1.71. The first-order chi connectivity index (χ1) is 10.9. The largest absolute Gasteiger partial charge is 0.494 e. The standard InChI is InChI=1S/C15H20F3NO4/c1-3-22-11-5-6-13(23-4-2)12(9-11)19-14(20)7-8-21-10-15(16,17)18/h5-6,9H,3-4,7-8,10H2,1-2H3,(H,19,20). The van der Waals surface area contributed by atoms with Crippen molar-refractivity contribution in [2.75, 3.05) is 31.7 Å². The number of benzene rings is 1. The molecular formula is C15H20F3NO4. The summed E-state index contributed by atoms with van der Waals surface area (Å²) in [5.74, 6) is 0.543. The molecule has 0 fully saturated rings. The van der Waals surface area contributed by atoms with Crippen LogP contribution in [0, 0.1) is 0 Å². The van der Waals surface area contributed by atoms with Gasteiger partial charge >= 0.3 is 6.18 Å². The third kappa shape index (κ3) is 7.73. The fraction of sp³-hybridized carbons (Fsp3) is 0.533. The molecule has 0 aliphatic rings. The van der Waals surface area contributed by atoms with Crippen LogP contribution in [0.4, 0.5) is 18.9 Å². The first kappa shape index (κ1) is 19.1. The second-order valence-corrected chi connectivity index (χ2v) is 4.49. The van der Waals surface area contributed by atoms with Gasteiger partial charge in [0.2, 0.25) is 5.91 Å². The van der Waals surface area contributed by atoms with Crippen molar-refractivity contribution in [3.05, 3.63) is 18.2 Å². The highest BCUT2D eigenvalue weighted by atomic mass is 19.4. The topological polar surface area (TPSA) is 56.8 Å². The van der Waals surface area contributed by atoms with Crippen LogP contribution in [0.15, 0.2) is 18.2 Å². The zero-order valence-corrected chi connectivity index (χ0v) is 13.0. The average Bonchev–Trinajstić information content (AvgIpc) is 2.46. The lowest BCUT2D eigenvalue weighted by molar-refractivity contribution is -0.174. The lowest BCUT2D eigenvalue weighted by atomic mass is 10.2. The predicted molar refractivity (Wildman–Crippen MR) is 78.9 cm³/mol. The first-order valence-electron chi connectivity index (χ1n) is 7.19. The maximum atomic E-state index is 11.9. The van der Waals surface area contributed by atoms with Gasteiger partial charge in [-0.25, -0.2) is 0 Å². The molecule has 0 aliphatic carbocycles. The van der Waals surface area contributed by atoms with Gasteiger partial charge in [0.25, 0.3) is 0 Å². The summed E-state index contributed by atoms with van der Waals surface area (Å²) in [4.78, 5) is 11.8. The van der Waals surface area contributed by atoms with E-state index in [-0.39, 0.29) is 13.0 Å². The molecule has 1 amide bonds. The zero-order valence-electron chi connectivity index (χ0n) is 13.0. The van der Waals surface area contributed by atoms with Crippen LogP contribution >= 0.6 is 0 Å². The second kappa shape index (κ2) is 9.24. The Balaban J connectivity index is 2.59. The smallest absolute Gasteiger partial charge is 0.411 e. The van der Waals surface area contributed by atoms with Crippen molar-refractivity contribution in [3.63, 3.8) is 0 Å². The van der Waals surface area contributed by atoms with Crippen LogP contribution in [0.2, 0.25) is 0 Å². The molecule has 23 heavy (non-hydrogen) atoms. The minimum Gasteiger partial charge on any atom is -0.494 e. The van der Waals surface area contributed by atoms with E-state index >= 15 is 0 Å². The summed E-state index contributed by atoms with van der Waals surface area (Å²) in [5, 5.41) is 2.59. The highest BCUT2D eigenvalue weighted by Gasteiger charge is 2.27. The summed E-state index contributed by atoms with van der Waals surface area (Å²) in [6.07, 6.45) is -4.59. The molecule has 130 valence electrons. The molecule has 0 unspecified atom stereocenters. The maximum absolute atomic E-state index is 11.9. The molecule has 8 heteroatoms. The molecule has 0 heterocycles. The number of rotatable bonds is 9. The summed E-state index contributed by atoms with van der Waals surface area (Å²) < 4.78 is 50.9. The van der Waals surface area contributed by atoms with Crippen LogP contribution in [0.25, 0.3) is 0 Å². The van der Waals surface area contributed by atoms with Gasteiger partial charge in [0, 0.05) is 6.07 Å². The van der Waals surface area contributed by atoms with E-state index in [1.54, 1.807) is 25.1 Å². The Morgan fingerprint density at radius 2 is 1.87 bits per heavy atom. The number of hydrogen-bond acceptors (Lipinski definition) is 4. The molecule has 0 saturated heterocycles. The predicted octanol–water partition coefficient (Wildman–Crippen LogP) is 3.39. The van der Waals surface area contributed by atoms with E-state index in [1.807, 2.05) is 6.92 Å². The number of nitrogens with one attached hydrogen (secondary N) is 1. The minimum atomic E-state index is -4.40. The normalized spacial score (nSPS) is 11.2. The number of ether oxygens (including phenoxy) is 3. The lowest BCUT2D eigenvalue weighted by Gasteiger charge is -2.13. The van der Waals surface area contributed by atoms with E-state index in [0.717, 1.165) is 0 Å². The molecule has 1 rings (SSSR count). The third-order valence-electron chi connectivity index (χ3n) is 2.58. The van der Waals surface area contributed by atoms with Crippen LogP contribution in [-0.2, 0) is 9.53 Å². The van der Waals surface area contributed by atoms with Crippen molar-refractivity contribution >= 4 is 11.6 Å². The number of amides is 1. The van der Waals surface area contributed by atoms with Crippen LogP contribution in [0.3, 0.4) is 0 Å². The summed E-state index contributed by atoms with van der Waals surface area (Å²) in [6.45, 7) is 2.81. The summed E-state index contributed by atoms with van der Waals surface area (Å²) >= 11 is 0. The Morgan fingerprint density at radius 3 is 2.48 bits per heavy atom. The quantitative estimate of drug-likeness (QED) is 0.703. The van der Waals surface area contributed by atoms with Crippen molar-refractivity contribution in [1.82, 2.24) is 0 Å². The maximum Gasteiger partial charge on any atom is 0.411 e. The average molecular weight is 335 g/mol. The fourth-order valence-corrected chi connectivity index (χ4v) is 1.71. The highest BCUT2D eigenvalue weighted by Crippen LogP contribution is 2.29. The van der Waals surface area contributed by atoms with Crippen LogP contribution in [0.1, 0.15) is 20.3 Å². The highest BCUT2D eigenvalue weighted by molar-refractivity contribution is 5.92. The van der Waals surface area contributed by atoms with Crippen molar-refractivity contribution in [2.24, 2.45) is 0 Å². The molecule has 0 spiro atoms. The van der Waals surface area contributed by atoms with Gasteiger partial charge in [0.1, 0.15) is 18.1 Å². The van der Waals surface area contributed by atoms with Gasteiger partial charge in [-0.3, -0.25) is 4.79 Å². The lowest BCUT2D eigenvalue weighted by Crippen LogP contribution is -2.20. The van der Waals surface area contributed by atoms with E-state index in [4.69, 9.17) is 9.47 Å². The van der Waals surface area contributed by atoms with Gasteiger partial charge in [-0.15, -0.1) is 0 Å². The van der Waals surface area contributed by atoms with Gasteiger partial charge in [0.15, 0.2) is 0 Å². The van der Waals surface area contributed by atoms with Gasteiger partial charge < -0.3 is 19.5 Å². The van der Waals surface area contributed by atoms with E-state index < -0.39 is 18.7 Å². The molecular weight excluding hydrogens is 315 g/mol. The van der Waals surface area contributed by atoms with Crippen LogP contribution in [-0.4, -0.2) is 38.5 Å². The number of halogens is 3. The Labute approximate surface area is 132 Å². The van der Waals surface area contributed by atoms with Crippen molar-refractivity contribution in [2.45, 2.75) is 26.4 Å². The SMILES string of the molecule is CCOc1ccc(OCC)c(NC(=O)CCOCC(F)(F)F)c1. The number of carbonyl (C=O) groups excluding carboxylic acids is 1. The minimum absolute atomic E-state index is 0.194. The Morgan fingerprint density at radius 1 is 1.17 bits per heavy atom. The van der Waals surface area contributed by atoms with E-state index in [9.17, 15) is 18.0 Å². The molecule has 1 aromatic carbocycles. The number of hydrogen-bond donors (Lipinski definition) is 1. The Bertz CT molecular complexity index is 506. The van der Waals surface area contributed by atoms with Crippen LogP contribution < -0.4 is 14.8 Å². The molecule has 0 saturated carbocycles. The van der Waals surface area contributed by atoms with Crippen molar-refractivity contribution in [1.29, 1.82) is 0 Å². The van der Waals surface area contributed by atoms with Gasteiger partial charge in [-0.2, -0.15) is 13.2 Å². The summed E-state index contributed by atoms with van der Waals surface area (Å²) in [6, 6.07) is 4.96. The first-order valence-corrected chi connectivity index (χ1v) is 7.19. The zero-order chi connectivity index (χ0) is 17.3. The molecule has 1 aromatic rings. The molecule has 0 radical (unpaired) electrons. The Kier molecular flexibility index (Phi) is 7.67. The monoisotopic (exact) mass is 335 g/mol. The van der Waals surface area contributed by atoms with Crippen molar-refractivity contribution < 1.29 is 32.2 Å². The third-order valence-corrected chi connectivity index (χ3v) is 2.58. The van der Waals surface area contributed by atoms with Crippen molar-refractivity contribution in [3.8, 4) is 11.5 Å². The Hall–Kier alpha value is -1.96. The van der Waals surface area contributed by atoms with E-state index in [0.29, 0.717) is 30.4 Å². The van der Waals surface area contributed by atoms with Gasteiger partial charge in [-0.05, 0) is 26.0 Å². The van der Waals surface area contributed by atoms with Gasteiger partial charge in [0.05, 0.1) is 31.9 Å². The number of anilines is 1. The van der Waals surface area contributed by atoms with E-state index in [2.05, 4.69) is 10.1 Å². The molecule has 0 bridgehead atoms. The van der Waals surface area contributed by atoms with Crippen LogP contribution in [0.5, 0.6) is 11.5 Å². The molecule has 0 aliphatic heterocycles. The second-order valence-electron chi connectivity index (χ2n) is 4.49. The van der Waals surface area contributed by atoms with E-state index in [1.165, 1.54) is 0 Å².